The van der Waals surface area contributed by atoms with E-state index in [1.54, 1.807) is 0 Å². The molecular formula is C13H18N2. The molecule has 0 saturated heterocycles. The van der Waals surface area contributed by atoms with Crippen LogP contribution in [0.5, 0.6) is 0 Å². The molecule has 2 nitrogen and oxygen atoms in total. The van der Waals surface area contributed by atoms with Gasteiger partial charge in [-0.25, -0.2) is 0 Å². The van der Waals surface area contributed by atoms with E-state index in [0.717, 1.165) is 17.9 Å². The van der Waals surface area contributed by atoms with Gasteiger partial charge in [-0.3, -0.25) is 4.98 Å². The normalized spacial score (nSPS) is 20.7. The number of nitrogens with zero attached hydrogens (tertiary/aromatic N) is 1. The number of aromatic nitrogens is 1. The summed E-state index contributed by atoms with van der Waals surface area (Å²) in [6, 6.07) is 2.85. The Balaban J connectivity index is 1.74. The van der Waals surface area contributed by atoms with Crippen LogP contribution in [0.2, 0.25) is 0 Å². The van der Waals surface area contributed by atoms with Crippen molar-refractivity contribution >= 4 is 5.69 Å². The minimum Gasteiger partial charge on any atom is -0.381 e. The highest BCUT2D eigenvalue weighted by Gasteiger charge is 2.41. The number of rotatable bonds is 4. The lowest BCUT2D eigenvalue weighted by Gasteiger charge is -2.20. The van der Waals surface area contributed by atoms with Crippen molar-refractivity contribution in [2.45, 2.75) is 38.6 Å². The lowest BCUT2D eigenvalue weighted by molar-refractivity contribution is 0.567. The lowest BCUT2D eigenvalue weighted by Crippen LogP contribution is -2.24. The number of aryl methyl sites for hydroxylation is 1. The lowest BCUT2D eigenvalue weighted by atomic mass is 10.1. The van der Waals surface area contributed by atoms with E-state index in [9.17, 15) is 0 Å². The van der Waals surface area contributed by atoms with Crippen LogP contribution in [0.4, 0.5) is 5.69 Å². The Bertz CT molecular complexity index is 341. The average molecular weight is 202 g/mol. The highest BCUT2D eigenvalue weighted by atomic mass is 15.0. The van der Waals surface area contributed by atoms with Crippen LogP contribution in [-0.4, -0.2) is 11.0 Å². The summed E-state index contributed by atoms with van der Waals surface area (Å²) in [6.45, 7) is 2.13. The predicted octanol–water partition coefficient (Wildman–Crippen LogP) is 2.99. The number of hydrogen-bond acceptors (Lipinski definition) is 2. The maximum Gasteiger partial charge on any atom is 0.0403 e. The van der Waals surface area contributed by atoms with Crippen LogP contribution in [0.1, 0.15) is 31.2 Å². The summed E-state index contributed by atoms with van der Waals surface area (Å²) in [4.78, 5) is 4.13. The molecule has 0 aliphatic heterocycles. The zero-order valence-corrected chi connectivity index (χ0v) is 9.24. The van der Waals surface area contributed by atoms with E-state index < -0.39 is 0 Å². The Morgan fingerprint density at radius 3 is 2.47 bits per heavy atom. The van der Waals surface area contributed by atoms with Gasteiger partial charge in [0.05, 0.1) is 0 Å². The highest BCUT2D eigenvalue weighted by molar-refractivity contribution is 5.50. The second-order valence-electron chi connectivity index (χ2n) is 5.04. The van der Waals surface area contributed by atoms with Gasteiger partial charge in [0, 0.05) is 24.1 Å². The van der Waals surface area contributed by atoms with Crippen LogP contribution < -0.4 is 5.32 Å². The fourth-order valence-electron chi connectivity index (χ4n) is 2.35. The fourth-order valence-corrected chi connectivity index (χ4v) is 2.35. The summed E-state index contributed by atoms with van der Waals surface area (Å²) in [5, 5.41) is 3.73. The molecule has 0 aromatic carbocycles. The molecule has 0 radical (unpaired) electrons. The van der Waals surface area contributed by atoms with Crippen LogP contribution in [0, 0.1) is 18.8 Å². The van der Waals surface area contributed by atoms with Gasteiger partial charge in [-0.1, -0.05) is 0 Å². The van der Waals surface area contributed by atoms with Crippen molar-refractivity contribution in [2.24, 2.45) is 11.8 Å². The summed E-state index contributed by atoms with van der Waals surface area (Å²) >= 11 is 0. The summed E-state index contributed by atoms with van der Waals surface area (Å²) in [6.07, 6.45) is 9.54. The van der Waals surface area contributed by atoms with Crippen LogP contribution in [0.3, 0.4) is 0 Å². The first-order chi connectivity index (χ1) is 7.34. The van der Waals surface area contributed by atoms with Gasteiger partial charge >= 0.3 is 0 Å². The third kappa shape index (κ3) is 1.99. The van der Waals surface area contributed by atoms with E-state index in [4.69, 9.17) is 0 Å². The van der Waals surface area contributed by atoms with Crippen LogP contribution in [0.25, 0.3) is 0 Å². The van der Waals surface area contributed by atoms with Gasteiger partial charge in [0.15, 0.2) is 0 Å². The van der Waals surface area contributed by atoms with Gasteiger partial charge in [0.25, 0.3) is 0 Å². The Hall–Kier alpha value is -1.05. The SMILES string of the molecule is Cc1cnccc1NC(C1CC1)C1CC1. The zero-order chi connectivity index (χ0) is 10.3. The predicted molar refractivity (Wildman–Crippen MR) is 61.8 cm³/mol. The van der Waals surface area contributed by atoms with Crippen molar-refractivity contribution in [3.8, 4) is 0 Å². The van der Waals surface area contributed by atoms with Gasteiger partial charge < -0.3 is 5.32 Å². The number of nitrogens with one attached hydrogen (secondary N) is 1. The highest BCUT2D eigenvalue weighted by Crippen LogP contribution is 2.45. The second kappa shape index (κ2) is 3.51. The third-order valence-electron chi connectivity index (χ3n) is 3.60. The monoisotopic (exact) mass is 202 g/mol. The largest absolute Gasteiger partial charge is 0.381 e. The Kier molecular flexibility index (Phi) is 2.15. The first-order valence-electron chi connectivity index (χ1n) is 6.02. The molecule has 0 amide bonds. The quantitative estimate of drug-likeness (QED) is 0.812. The molecule has 1 N–H and O–H groups in total. The summed E-state index contributed by atoms with van der Waals surface area (Å²) < 4.78 is 0. The van der Waals surface area contributed by atoms with Crippen LogP contribution in [0.15, 0.2) is 18.5 Å². The zero-order valence-electron chi connectivity index (χ0n) is 9.24. The fraction of sp³-hybridized carbons (Fsp3) is 0.615. The molecule has 0 atom stereocenters. The number of pyridine rings is 1. The van der Waals surface area contributed by atoms with E-state index in [1.807, 2.05) is 12.4 Å². The molecule has 2 saturated carbocycles. The second-order valence-corrected chi connectivity index (χ2v) is 5.04. The molecular weight excluding hydrogens is 184 g/mol. The average Bonchev–Trinajstić information content (AvgIpc) is 3.10. The minimum absolute atomic E-state index is 0.742. The van der Waals surface area contributed by atoms with Crippen molar-refractivity contribution < 1.29 is 0 Å². The third-order valence-corrected chi connectivity index (χ3v) is 3.60. The van der Waals surface area contributed by atoms with E-state index in [2.05, 4.69) is 23.3 Å². The molecule has 2 aliphatic carbocycles. The molecule has 2 heteroatoms. The Morgan fingerprint density at radius 1 is 1.27 bits per heavy atom. The van der Waals surface area contributed by atoms with Gasteiger partial charge in [0.2, 0.25) is 0 Å². The van der Waals surface area contributed by atoms with Crippen LogP contribution in [-0.2, 0) is 0 Å². The van der Waals surface area contributed by atoms with E-state index in [-0.39, 0.29) is 0 Å². The number of anilines is 1. The maximum atomic E-state index is 4.13. The van der Waals surface area contributed by atoms with Crippen molar-refractivity contribution in [1.82, 2.24) is 4.98 Å². The summed E-state index contributed by atoms with van der Waals surface area (Å²) in [5.41, 5.74) is 2.55. The van der Waals surface area contributed by atoms with Crippen molar-refractivity contribution in [2.75, 3.05) is 5.32 Å². The van der Waals surface area contributed by atoms with Gasteiger partial charge in [-0.2, -0.15) is 0 Å². The molecule has 0 spiro atoms. The topological polar surface area (TPSA) is 24.9 Å². The first kappa shape index (κ1) is 9.20. The Labute approximate surface area is 91.1 Å². The van der Waals surface area contributed by atoms with E-state index in [1.165, 1.54) is 36.9 Å². The first-order valence-corrected chi connectivity index (χ1v) is 6.02. The molecule has 0 unspecified atom stereocenters. The molecule has 80 valence electrons. The summed E-state index contributed by atoms with van der Waals surface area (Å²) in [5.74, 6) is 1.90. The van der Waals surface area contributed by atoms with E-state index in [0.29, 0.717) is 0 Å². The molecule has 3 rings (SSSR count). The Morgan fingerprint density at radius 2 is 1.93 bits per heavy atom. The summed E-state index contributed by atoms with van der Waals surface area (Å²) in [7, 11) is 0. The van der Waals surface area contributed by atoms with Crippen molar-refractivity contribution in [1.29, 1.82) is 0 Å². The van der Waals surface area contributed by atoms with E-state index >= 15 is 0 Å². The molecule has 2 fully saturated rings. The molecule has 2 aliphatic rings. The van der Waals surface area contributed by atoms with Crippen LogP contribution >= 0.6 is 0 Å². The molecule has 0 bridgehead atoms. The van der Waals surface area contributed by atoms with Gasteiger partial charge in [-0.15, -0.1) is 0 Å². The van der Waals surface area contributed by atoms with Crippen molar-refractivity contribution in [3.63, 3.8) is 0 Å². The molecule has 1 aromatic heterocycles. The standard InChI is InChI=1S/C13H18N2/c1-9-8-14-7-6-12(9)15-13(10-2-3-10)11-4-5-11/h6-8,10-11,13H,2-5H2,1H3,(H,14,15). The number of hydrogen-bond donors (Lipinski definition) is 1. The van der Waals surface area contributed by atoms with Gasteiger partial charge in [0.1, 0.15) is 0 Å². The molecule has 1 aromatic rings. The van der Waals surface area contributed by atoms with Gasteiger partial charge in [-0.05, 0) is 56.1 Å². The molecule has 1 heterocycles. The smallest absolute Gasteiger partial charge is 0.0403 e. The molecule has 15 heavy (non-hydrogen) atoms. The maximum absolute atomic E-state index is 4.13. The van der Waals surface area contributed by atoms with Crippen molar-refractivity contribution in [3.05, 3.63) is 24.0 Å². The minimum atomic E-state index is 0.742.